The summed E-state index contributed by atoms with van der Waals surface area (Å²) >= 11 is 3.27. The molecular weight excluding hydrogens is 292 g/mol. The monoisotopic (exact) mass is 302 g/mol. The number of nitrogens with one attached hydrogen (secondary N) is 1. The van der Waals surface area contributed by atoms with Crippen molar-refractivity contribution in [1.82, 2.24) is 5.48 Å². The number of hydroxylamine groups is 1. The first-order valence-electron chi connectivity index (χ1n) is 4.65. The minimum atomic E-state index is -0.667. The molecule has 3 N–H and O–H groups in total. The highest BCUT2D eigenvalue weighted by molar-refractivity contribution is 9.10. The molecule has 1 aromatic carbocycles. The number of hydrogen-bond donors (Lipinski definition) is 2. The zero-order chi connectivity index (χ0) is 12.7. The van der Waals surface area contributed by atoms with Crippen molar-refractivity contribution in [2.45, 2.75) is 0 Å². The fraction of sp³-hybridized carbons (Fsp3) is 0.200. The van der Waals surface area contributed by atoms with Gasteiger partial charge in [0.2, 0.25) is 5.91 Å². The quantitative estimate of drug-likeness (QED) is 0.742. The number of nitrogens with two attached hydrogens (primary N) is 1. The van der Waals surface area contributed by atoms with Crippen LogP contribution in [0.15, 0.2) is 28.7 Å². The number of amides is 2. The normalized spacial score (nSPS) is 9.71. The first-order valence-corrected chi connectivity index (χ1v) is 5.44. The highest BCUT2D eigenvalue weighted by Crippen LogP contribution is 2.15. The van der Waals surface area contributed by atoms with E-state index < -0.39 is 11.8 Å². The van der Waals surface area contributed by atoms with Crippen molar-refractivity contribution in [3.63, 3.8) is 0 Å². The maximum atomic E-state index is 11.1. The summed E-state index contributed by atoms with van der Waals surface area (Å²) in [5, 5.41) is 0. The second-order valence-corrected chi connectivity index (χ2v) is 3.94. The summed E-state index contributed by atoms with van der Waals surface area (Å²) in [6.45, 7) is -0.579. The zero-order valence-corrected chi connectivity index (χ0v) is 10.4. The van der Waals surface area contributed by atoms with Gasteiger partial charge in [-0.3, -0.25) is 14.4 Å². The second-order valence-electron chi connectivity index (χ2n) is 3.02. The second kappa shape index (κ2) is 6.87. The maximum absolute atomic E-state index is 11.1. The SMILES string of the molecule is NC(=O)CONC(=O)COc1ccc(Br)cc1. The van der Waals surface area contributed by atoms with Crippen LogP contribution >= 0.6 is 15.9 Å². The van der Waals surface area contributed by atoms with E-state index in [1.165, 1.54) is 0 Å². The van der Waals surface area contributed by atoms with Crippen molar-refractivity contribution in [3.05, 3.63) is 28.7 Å². The van der Waals surface area contributed by atoms with Gasteiger partial charge in [0, 0.05) is 4.47 Å². The smallest absolute Gasteiger partial charge is 0.281 e. The summed E-state index contributed by atoms with van der Waals surface area (Å²) in [4.78, 5) is 25.9. The van der Waals surface area contributed by atoms with Crippen LogP contribution in [0.4, 0.5) is 0 Å². The molecule has 0 aliphatic carbocycles. The fourth-order valence-electron chi connectivity index (χ4n) is 0.897. The van der Waals surface area contributed by atoms with Crippen LogP contribution in [0.3, 0.4) is 0 Å². The zero-order valence-electron chi connectivity index (χ0n) is 8.81. The van der Waals surface area contributed by atoms with Gasteiger partial charge in [-0.25, -0.2) is 5.48 Å². The molecule has 0 saturated heterocycles. The predicted octanol–water partition coefficient (Wildman–Crippen LogP) is 0.361. The summed E-state index contributed by atoms with van der Waals surface area (Å²) in [6, 6.07) is 7.00. The Kier molecular flexibility index (Phi) is 5.44. The molecule has 0 aromatic heterocycles. The molecule has 0 aliphatic heterocycles. The van der Waals surface area contributed by atoms with Crippen LogP contribution < -0.4 is 16.0 Å². The molecule has 0 bridgehead atoms. The Morgan fingerprint density at radius 1 is 1.24 bits per heavy atom. The van der Waals surface area contributed by atoms with E-state index in [1.54, 1.807) is 24.3 Å². The topological polar surface area (TPSA) is 90.7 Å². The Hall–Kier alpha value is -1.60. The Balaban J connectivity index is 2.23. The average Bonchev–Trinajstić information content (AvgIpc) is 2.28. The molecule has 0 saturated carbocycles. The van der Waals surface area contributed by atoms with Crippen molar-refractivity contribution < 1.29 is 19.2 Å². The van der Waals surface area contributed by atoms with Crippen LogP contribution in [0.2, 0.25) is 0 Å². The lowest BCUT2D eigenvalue weighted by Gasteiger charge is -2.06. The first-order chi connectivity index (χ1) is 8.08. The molecule has 92 valence electrons. The molecule has 0 unspecified atom stereocenters. The highest BCUT2D eigenvalue weighted by atomic mass is 79.9. The molecule has 1 aromatic rings. The molecule has 0 fully saturated rings. The fourth-order valence-corrected chi connectivity index (χ4v) is 1.16. The van der Waals surface area contributed by atoms with E-state index in [-0.39, 0.29) is 13.2 Å². The standard InChI is InChI=1S/C10H11BrN2O4/c11-7-1-3-8(4-2-7)16-6-10(15)13-17-5-9(12)14/h1-4H,5-6H2,(H2,12,14)(H,13,15). The van der Waals surface area contributed by atoms with E-state index in [9.17, 15) is 9.59 Å². The number of rotatable bonds is 6. The van der Waals surface area contributed by atoms with Crippen LogP contribution in [-0.4, -0.2) is 25.0 Å². The van der Waals surface area contributed by atoms with E-state index in [2.05, 4.69) is 20.8 Å². The largest absolute Gasteiger partial charge is 0.484 e. The van der Waals surface area contributed by atoms with Gasteiger partial charge in [0.15, 0.2) is 13.2 Å². The van der Waals surface area contributed by atoms with Gasteiger partial charge in [0.1, 0.15) is 5.75 Å². The number of carbonyl (C=O) groups is 2. The average molecular weight is 303 g/mol. The lowest BCUT2D eigenvalue weighted by atomic mass is 10.3. The third-order valence-electron chi connectivity index (χ3n) is 1.58. The van der Waals surface area contributed by atoms with Crippen LogP contribution in [0.1, 0.15) is 0 Å². The molecular formula is C10H11BrN2O4. The molecule has 0 aliphatic rings. The summed E-state index contributed by atoms with van der Waals surface area (Å²) < 4.78 is 6.07. The minimum absolute atomic E-state index is 0.208. The van der Waals surface area contributed by atoms with Crippen LogP contribution in [0.5, 0.6) is 5.75 Å². The van der Waals surface area contributed by atoms with Gasteiger partial charge in [-0.1, -0.05) is 15.9 Å². The van der Waals surface area contributed by atoms with Gasteiger partial charge in [0.05, 0.1) is 0 Å². The van der Waals surface area contributed by atoms with Gasteiger partial charge in [-0.05, 0) is 24.3 Å². The molecule has 6 nitrogen and oxygen atoms in total. The van der Waals surface area contributed by atoms with Gasteiger partial charge >= 0.3 is 0 Å². The van der Waals surface area contributed by atoms with E-state index in [0.29, 0.717) is 5.75 Å². The summed E-state index contributed by atoms with van der Waals surface area (Å²) in [7, 11) is 0. The molecule has 7 heteroatoms. The lowest BCUT2D eigenvalue weighted by molar-refractivity contribution is -0.139. The molecule has 2 amide bonds. The van der Waals surface area contributed by atoms with Crippen molar-refractivity contribution in [2.75, 3.05) is 13.2 Å². The molecule has 0 spiro atoms. The first kappa shape index (κ1) is 13.5. The summed E-state index contributed by atoms with van der Waals surface area (Å²) in [6.07, 6.45) is 0. The molecule has 0 heterocycles. The number of halogens is 1. The Morgan fingerprint density at radius 3 is 2.47 bits per heavy atom. The van der Waals surface area contributed by atoms with E-state index in [4.69, 9.17) is 10.5 Å². The number of carbonyl (C=O) groups excluding carboxylic acids is 2. The summed E-state index contributed by atoms with van der Waals surface area (Å²) in [5.74, 6) is -0.619. The molecule has 1 rings (SSSR count). The van der Waals surface area contributed by atoms with E-state index >= 15 is 0 Å². The molecule has 0 radical (unpaired) electrons. The Bertz CT molecular complexity index is 394. The lowest BCUT2D eigenvalue weighted by Crippen LogP contribution is -2.32. The molecule has 0 atom stereocenters. The van der Waals surface area contributed by atoms with Crippen LogP contribution in [0, 0.1) is 0 Å². The Morgan fingerprint density at radius 2 is 1.88 bits per heavy atom. The van der Waals surface area contributed by atoms with Crippen molar-refractivity contribution in [1.29, 1.82) is 0 Å². The number of ether oxygens (including phenoxy) is 1. The van der Waals surface area contributed by atoms with Crippen LogP contribution in [0.25, 0.3) is 0 Å². The molecule has 17 heavy (non-hydrogen) atoms. The third kappa shape index (κ3) is 5.88. The minimum Gasteiger partial charge on any atom is -0.484 e. The number of hydrogen-bond acceptors (Lipinski definition) is 4. The summed E-state index contributed by atoms with van der Waals surface area (Å²) in [5.41, 5.74) is 6.83. The Labute approximate surface area is 106 Å². The third-order valence-corrected chi connectivity index (χ3v) is 2.11. The van der Waals surface area contributed by atoms with Gasteiger partial charge in [-0.2, -0.15) is 0 Å². The van der Waals surface area contributed by atoms with Gasteiger partial charge < -0.3 is 10.5 Å². The van der Waals surface area contributed by atoms with E-state index in [1.807, 2.05) is 5.48 Å². The van der Waals surface area contributed by atoms with Crippen molar-refractivity contribution >= 4 is 27.7 Å². The van der Waals surface area contributed by atoms with Crippen molar-refractivity contribution in [2.24, 2.45) is 5.73 Å². The number of benzene rings is 1. The van der Waals surface area contributed by atoms with Crippen LogP contribution in [-0.2, 0) is 14.4 Å². The van der Waals surface area contributed by atoms with Gasteiger partial charge in [0.25, 0.3) is 5.91 Å². The van der Waals surface area contributed by atoms with E-state index in [0.717, 1.165) is 4.47 Å². The number of primary amides is 1. The predicted molar refractivity (Wildman–Crippen MR) is 62.9 cm³/mol. The maximum Gasteiger partial charge on any atom is 0.281 e. The highest BCUT2D eigenvalue weighted by Gasteiger charge is 2.03. The van der Waals surface area contributed by atoms with Gasteiger partial charge in [-0.15, -0.1) is 0 Å². The van der Waals surface area contributed by atoms with Crippen molar-refractivity contribution in [3.8, 4) is 5.75 Å².